The number of rotatable bonds is 3. The molecule has 0 fully saturated rings. The Balaban J connectivity index is 2.56. The summed E-state index contributed by atoms with van der Waals surface area (Å²) in [4.78, 5) is 0. The van der Waals surface area contributed by atoms with Crippen LogP contribution in [0.25, 0.3) is 11.1 Å². The molecular weight excluding hydrogens is 217 g/mol. The zero-order valence-corrected chi connectivity index (χ0v) is 10.1. The van der Waals surface area contributed by atoms with Gasteiger partial charge in [0.25, 0.3) is 0 Å². The Bertz CT molecular complexity index is 531. The Labute approximate surface area is 100 Å². The van der Waals surface area contributed by atoms with Crippen molar-refractivity contribution >= 4 is 0 Å². The number of hydrogen-bond donors (Lipinski definition) is 1. The Morgan fingerprint density at radius 1 is 1.35 bits per heavy atom. The molecule has 1 heterocycles. The molecular formula is C13H16FN3. The van der Waals surface area contributed by atoms with Crippen molar-refractivity contribution in [2.24, 2.45) is 5.73 Å². The SMILES string of the molecule is CCn1ncc(-c2ccc(F)cc2CN)c1C. The van der Waals surface area contributed by atoms with Gasteiger partial charge in [0.2, 0.25) is 0 Å². The van der Waals surface area contributed by atoms with E-state index in [4.69, 9.17) is 5.73 Å². The zero-order valence-electron chi connectivity index (χ0n) is 10.1. The Hall–Kier alpha value is -1.68. The van der Waals surface area contributed by atoms with Crippen LogP contribution >= 0.6 is 0 Å². The fourth-order valence-corrected chi connectivity index (χ4v) is 2.02. The number of nitrogens with zero attached hydrogens (tertiary/aromatic N) is 2. The van der Waals surface area contributed by atoms with Gasteiger partial charge in [0.1, 0.15) is 5.82 Å². The van der Waals surface area contributed by atoms with Gasteiger partial charge >= 0.3 is 0 Å². The molecule has 0 atom stereocenters. The molecule has 1 aromatic heterocycles. The third-order valence-electron chi connectivity index (χ3n) is 2.98. The average Bonchev–Trinajstić information content (AvgIpc) is 2.70. The van der Waals surface area contributed by atoms with E-state index in [0.29, 0.717) is 6.54 Å². The number of halogens is 1. The summed E-state index contributed by atoms with van der Waals surface area (Å²) in [5, 5.41) is 4.29. The van der Waals surface area contributed by atoms with Crippen LogP contribution in [-0.4, -0.2) is 9.78 Å². The van der Waals surface area contributed by atoms with Crippen molar-refractivity contribution in [3.05, 3.63) is 41.5 Å². The molecule has 4 heteroatoms. The molecule has 17 heavy (non-hydrogen) atoms. The second-order valence-corrected chi connectivity index (χ2v) is 3.97. The highest BCUT2D eigenvalue weighted by atomic mass is 19.1. The van der Waals surface area contributed by atoms with Crippen LogP contribution in [0.1, 0.15) is 18.2 Å². The van der Waals surface area contributed by atoms with Gasteiger partial charge in [-0.3, -0.25) is 4.68 Å². The molecule has 0 saturated heterocycles. The quantitative estimate of drug-likeness (QED) is 0.885. The smallest absolute Gasteiger partial charge is 0.123 e. The highest BCUT2D eigenvalue weighted by Gasteiger charge is 2.11. The van der Waals surface area contributed by atoms with Crippen LogP contribution in [0.15, 0.2) is 24.4 Å². The molecule has 0 amide bonds. The summed E-state index contributed by atoms with van der Waals surface area (Å²) < 4.78 is 15.1. The molecule has 0 aliphatic heterocycles. The zero-order chi connectivity index (χ0) is 12.4. The molecule has 2 rings (SSSR count). The first kappa shape index (κ1) is 11.8. The lowest BCUT2D eigenvalue weighted by atomic mass is 10.0. The van der Waals surface area contributed by atoms with Gasteiger partial charge in [-0.1, -0.05) is 6.07 Å². The maximum atomic E-state index is 13.1. The predicted octanol–water partition coefficient (Wildman–Crippen LogP) is 2.48. The fraction of sp³-hybridized carbons (Fsp3) is 0.308. The summed E-state index contributed by atoms with van der Waals surface area (Å²) in [6.45, 7) is 5.20. The van der Waals surface area contributed by atoms with Crippen molar-refractivity contribution in [2.45, 2.75) is 26.9 Å². The summed E-state index contributed by atoms with van der Waals surface area (Å²) in [7, 11) is 0. The first-order valence-corrected chi connectivity index (χ1v) is 5.68. The third-order valence-corrected chi connectivity index (χ3v) is 2.98. The van der Waals surface area contributed by atoms with Gasteiger partial charge in [0.05, 0.1) is 6.20 Å². The second kappa shape index (κ2) is 4.67. The summed E-state index contributed by atoms with van der Waals surface area (Å²) in [5.41, 5.74) is 9.52. The van der Waals surface area contributed by atoms with Crippen LogP contribution in [0.5, 0.6) is 0 Å². The maximum Gasteiger partial charge on any atom is 0.123 e. The molecule has 3 nitrogen and oxygen atoms in total. The lowest BCUT2D eigenvalue weighted by Gasteiger charge is -2.08. The van der Waals surface area contributed by atoms with E-state index < -0.39 is 0 Å². The first-order valence-electron chi connectivity index (χ1n) is 5.68. The molecule has 2 aromatic rings. The lowest BCUT2D eigenvalue weighted by Crippen LogP contribution is -2.01. The molecule has 0 aliphatic carbocycles. The van der Waals surface area contributed by atoms with Gasteiger partial charge in [-0.25, -0.2) is 4.39 Å². The fourth-order valence-electron chi connectivity index (χ4n) is 2.02. The molecule has 1 aromatic carbocycles. The van der Waals surface area contributed by atoms with Crippen molar-refractivity contribution in [3.8, 4) is 11.1 Å². The van der Waals surface area contributed by atoms with Crippen LogP contribution in [-0.2, 0) is 13.1 Å². The molecule has 0 spiro atoms. The second-order valence-electron chi connectivity index (χ2n) is 3.97. The van der Waals surface area contributed by atoms with E-state index in [0.717, 1.165) is 28.9 Å². The molecule has 0 unspecified atom stereocenters. The van der Waals surface area contributed by atoms with Gasteiger partial charge in [-0.05, 0) is 37.1 Å². The standard InChI is InChI=1S/C13H16FN3/c1-3-17-9(2)13(8-16-17)12-5-4-11(14)6-10(12)7-15/h4-6,8H,3,7,15H2,1-2H3. The van der Waals surface area contributed by atoms with E-state index in [1.807, 2.05) is 24.7 Å². The summed E-state index contributed by atoms with van der Waals surface area (Å²) in [6, 6.07) is 4.71. The van der Waals surface area contributed by atoms with Crippen LogP contribution < -0.4 is 5.73 Å². The Morgan fingerprint density at radius 2 is 2.12 bits per heavy atom. The van der Waals surface area contributed by atoms with E-state index >= 15 is 0 Å². The number of aromatic nitrogens is 2. The van der Waals surface area contributed by atoms with E-state index in [1.54, 1.807) is 6.07 Å². The molecule has 0 bridgehead atoms. The van der Waals surface area contributed by atoms with Gasteiger partial charge in [0, 0.05) is 24.3 Å². The van der Waals surface area contributed by atoms with E-state index in [-0.39, 0.29) is 5.82 Å². The molecule has 90 valence electrons. The molecule has 0 aliphatic rings. The Morgan fingerprint density at radius 3 is 2.71 bits per heavy atom. The summed E-state index contributed by atoms with van der Waals surface area (Å²) in [5.74, 6) is -0.255. The maximum absolute atomic E-state index is 13.1. The van der Waals surface area contributed by atoms with E-state index in [9.17, 15) is 4.39 Å². The van der Waals surface area contributed by atoms with Crippen molar-refractivity contribution in [1.82, 2.24) is 9.78 Å². The number of benzene rings is 1. The molecule has 0 radical (unpaired) electrons. The normalized spacial score (nSPS) is 10.8. The van der Waals surface area contributed by atoms with Gasteiger partial charge in [-0.15, -0.1) is 0 Å². The van der Waals surface area contributed by atoms with Crippen LogP contribution in [0.4, 0.5) is 4.39 Å². The first-order chi connectivity index (χ1) is 8.17. The van der Waals surface area contributed by atoms with Crippen molar-refractivity contribution < 1.29 is 4.39 Å². The summed E-state index contributed by atoms with van der Waals surface area (Å²) >= 11 is 0. The highest BCUT2D eigenvalue weighted by Crippen LogP contribution is 2.27. The number of aryl methyl sites for hydroxylation is 1. The van der Waals surface area contributed by atoms with Gasteiger partial charge in [0.15, 0.2) is 0 Å². The summed E-state index contributed by atoms with van der Waals surface area (Å²) in [6.07, 6.45) is 1.81. The molecule has 2 N–H and O–H groups in total. The number of hydrogen-bond acceptors (Lipinski definition) is 2. The average molecular weight is 233 g/mol. The van der Waals surface area contributed by atoms with Crippen LogP contribution in [0.3, 0.4) is 0 Å². The molecule has 0 saturated carbocycles. The van der Waals surface area contributed by atoms with E-state index in [2.05, 4.69) is 5.10 Å². The highest BCUT2D eigenvalue weighted by molar-refractivity contribution is 5.68. The number of nitrogens with two attached hydrogens (primary N) is 1. The van der Waals surface area contributed by atoms with Gasteiger partial charge in [-0.2, -0.15) is 5.10 Å². The predicted molar refractivity (Wildman–Crippen MR) is 65.9 cm³/mol. The van der Waals surface area contributed by atoms with Crippen molar-refractivity contribution in [3.63, 3.8) is 0 Å². The minimum absolute atomic E-state index is 0.255. The Kier molecular flexibility index (Phi) is 3.24. The van der Waals surface area contributed by atoms with Crippen LogP contribution in [0.2, 0.25) is 0 Å². The third kappa shape index (κ3) is 2.08. The van der Waals surface area contributed by atoms with Crippen LogP contribution in [0, 0.1) is 12.7 Å². The lowest BCUT2D eigenvalue weighted by molar-refractivity contribution is 0.625. The van der Waals surface area contributed by atoms with Crippen molar-refractivity contribution in [1.29, 1.82) is 0 Å². The largest absolute Gasteiger partial charge is 0.326 e. The van der Waals surface area contributed by atoms with Crippen molar-refractivity contribution in [2.75, 3.05) is 0 Å². The topological polar surface area (TPSA) is 43.8 Å². The minimum Gasteiger partial charge on any atom is -0.326 e. The minimum atomic E-state index is -0.255. The monoisotopic (exact) mass is 233 g/mol. The van der Waals surface area contributed by atoms with E-state index in [1.165, 1.54) is 12.1 Å². The van der Waals surface area contributed by atoms with Gasteiger partial charge < -0.3 is 5.73 Å².